The summed E-state index contributed by atoms with van der Waals surface area (Å²) in [6.45, 7) is 0.472. The Morgan fingerprint density at radius 3 is 2.61 bits per heavy atom. The van der Waals surface area contributed by atoms with E-state index in [4.69, 9.17) is 9.47 Å². The summed E-state index contributed by atoms with van der Waals surface area (Å²) >= 11 is 0. The van der Waals surface area contributed by atoms with Crippen molar-refractivity contribution in [1.82, 2.24) is 15.3 Å². The summed E-state index contributed by atoms with van der Waals surface area (Å²) in [4.78, 5) is 37.8. The second kappa shape index (κ2) is 9.14. The van der Waals surface area contributed by atoms with E-state index in [1.165, 1.54) is 0 Å². The molecule has 178 valence electrons. The van der Waals surface area contributed by atoms with Crippen LogP contribution < -0.4 is 19.7 Å². The molecule has 36 heavy (non-hydrogen) atoms. The highest BCUT2D eigenvalue weighted by atomic mass is 16.7. The topological polar surface area (TPSA) is 93.7 Å². The molecule has 2 aromatic carbocycles. The number of amides is 2. The molecule has 0 aliphatic carbocycles. The maximum Gasteiger partial charge on any atom is 0.259 e. The number of pyridine rings is 2. The van der Waals surface area contributed by atoms with Gasteiger partial charge in [-0.15, -0.1) is 0 Å². The van der Waals surface area contributed by atoms with Crippen molar-refractivity contribution in [3.63, 3.8) is 0 Å². The average Bonchev–Trinajstić information content (AvgIpc) is 3.41. The van der Waals surface area contributed by atoms with E-state index in [2.05, 4.69) is 15.3 Å². The predicted octanol–water partition coefficient (Wildman–Crippen LogP) is 4.01. The van der Waals surface area contributed by atoms with Crippen molar-refractivity contribution in [2.45, 2.75) is 18.5 Å². The summed E-state index contributed by atoms with van der Waals surface area (Å²) in [6, 6.07) is 19.4. The molecular formula is C28H22N4O4. The summed E-state index contributed by atoms with van der Waals surface area (Å²) in [7, 11) is 0. The molecule has 8 nitrogen and oxygen atoms in total. The molecule has 2 aromatic heterocycles. The molecule has 4 heterocycles. The van der Waals surface area contributed by atoms with Gasteiger partial charge in [-0.3, -0.25) is 24.5 Å². The van der Waals surface area contributed by atoms with Gasteiger partial charge in [0.1, 0.15) is 0 Å². The Hall–Kier alpha value is -4.72. The lowest BCUT2D eigenvalue weighted by atomic mass is 9.79. The summed E-state index contributed by atoms with van der Waals surface area (Å²) in [5, 5.41) is 3.07. The van der Waals surface area contributed by atoms with Crippen molar-refractivity contribution >= 4 is 17.5 Å². The molecular weight excluding hydrogens is 456 g/mol. The fraction of sp³-hybridized carbons (Fsp3) is 0.143. The average molecular weight is 479 g/mol. The molecule has 0 saturated carbocycles. The Bertz CT molecular complexity index is 1430. The first-order valence-corrected chi connectivity index (χ1v) is 11.6. The van der Waals surface area contributed by atoms with Gasteiger partial charge in [0.15, 0.2) is 11.5 Å². The van der Waals surface area contributed by atoms with E-state index >= 15 is 0 Å². The van der Waals surface area contributed by atoms with E-state index in [1.54, 1.807) is 47.9 Å². The molecule has 0 fully saturated rings. The molecule has 0 bridgehead atoms. The van der Waals surface area contributed by atoms with Crippen molar-refractivity contribution < 1.29 is 19.1 Å². The van der Waals surface area contributed by atoms with Crippen LogP contribution in [0.4, 0.5) is 5.69 Å². The lowest BCUT2D eigenvalue weighted by Gasteiger charge is -2.41. The largest absolute Gasteiger partial charge is 0.454 e. The minimum Gasteiger partial charge on any atom is -0.454 e. The fourth-order valence-corrected chi connectivity index (χ4v) is 4.83. The van der Waals surface area contributed by atoms with Crippen molar-refractivity contribution in [1.29, 1.82) is 0 Å². The number of hydrogen-bond donors (Lipinski definition) is 1. The molecule has 2 aliphatic heterocycles. The van der Waals surface area contributed by atoms with Crippen LogP contribution in [0.15, 0.2) is 91.5 Å². The number of anilines is 1. The van der Waals surface area contributed by atoms with Crippen LogP contribution in [0.25, 0.3) is 0 Å². The third kappa shape index (κ3) is 3.82. The number of fused-ring (bicyclic) bond motifs is 2. The molecule has 8 heteroatoms. The van der Waals surface area contributed by atoms with Crippen LogP contribution >= 0.6 is 0 Å². The number of nitrogens with zero attached hydrogens (tertiary/aromatic N) is 3. The Morgan fingerprint density at radius 1 is 0.944 bits per heavy atom. The molecule has 0 radical (unpaired) electrons. The number of benzene rings is 2. The smallest absolute Gasteiger partial charge is 0.259 e. The molecule has 0 spiro atoms. The third-order valence-electron chi connectivity index (χ3n) is 6.50. The van der Waals surface area contributed by atoms with Crippen LogP contribution in [-0.4, -0.2) is 28.6 Å². The lowest BCUT2D eigenvalue weighted by Crippen LogP contribution is -2.47. The zero-order valence-electron chi connectivity index (χ0n) is 19.2. The van der Waals surface area contributed by atoms with Crippen LogP contribution in [0.3, 0.4) is 0 Å². The van der Waals surface area contributed by atoms with Crippen LogP contribution in [0.1, 0.15) is 39.0 Å². The highest BCUT2D eigenvalue weighted by molar-refractivity contribution is 6.11. The Balaban J connectivity index is 1.47. The monoisotopic (exact) mass is 478 g/mol. The standard InChI is InChI=1S/C28H22N4O4/c33-27(31-15-18-9-12-29-13-10-18)25-21-5-1-2-6-22(21)28(34)32(26(25)19-4-3-11-30-16-19)20-7-8-23-24(14-20)36-17-35-23/h1-14,16,25-26H,15,17H2,(H,31,33)/t25-,26+/m1/s1. The first-order chi connectivity index (χ1) is 17.7. The van der Waals surface area contributed by atoms with Crippen molar-refractivity contribution in [3.8, 4) is 11.5 Å². The minimum atomic E-state index is -0.671. The van der Waals surface area contributed by atoms with Gasteiger partial charge in [0, 0.05) is 48.6 Å². The zero-order chi connectivity index (χ0) is 24.5. The van der Waals surface area contributed by atoms with Gasteiger partial charge in [0.25, 0.3) is 5.91 Å². The van der Waals surface area contributed by atoms with Gasteiger partial charge < -0.3 is 14.8 Å². The van der Waals surface area contributed by atoms with E-state index in [-0.39, 0.29) is 18.6 Å². The first-order valence-electron chi connectivity index (χ1n) is 11.6. The van der Waals surface area contributed by atoms with E-state index in [1.807, 2.05) is 48.5 Å². The molecule has 2 atom stereocenters. The van der Waals surface area contributed by atoms with Gasteiger partial charge >= 0.3 is 0 Å². The number of carbonyl (C=O) groups excluding carboxylic acids is 2. The SMILES string of the molecule is O=C(NCc1ccncc1)[C@@H]1c2ccccc2C(=O)N(c2ccc3c(c2)OCO3)[C@H]1c1cccnc1. The minimum absolute atomic E-state index is 0.127. The highest BCUT2D eigenvalue weighted by Crippen LogP contribution is 2.46. The number of rotatable bonds is 5. The quantitative estimate of drug-likeness (QED) is 0.466. The second-order valence-corrected chi connectivity index (χ2v) is 8.58. The van der Waals surface area contributed by atoms with Gasteiger partial charge in [-0.25, -0.2) is 0 Å². The van der Waals surface area contributed by atoms with Gasteiger partial charge in [-0.05, 0) is 53.1 Å². The maximum atomic E-state index is 13.9. The van der Waals surface area contributed by atoms with Crippen LogP contribution in [-0.2, 0) is 11.3 Å². The summed E-state index contributed by atoms with van der Waals surface area (Å²) < 4.78 is 11.0. The number of ether oxygens (including phenoxy) is 2. The van der Waals surface area contributed by atoms with Crippen molar-refractivity contribution in [2.24, 2.45) is 0 Å². The van der Waals surface area contributed by atoms with Gasteiger partial charge in [-0.2, -0.15) is 0 Å². The van der Waals surface area contributed by atoms with Crippen molar-refractivity contribution in [3.05, 3.63) is 114 Å². The number of hydrogen-bond acceptors (Lipinski definition) is 6. The molecule has 0 unspecified atom stereocenters. The number of carbonyl (C=O) groups is 2. The summed E-state index contributed by atoms with van der Waals surface area (Å²) in [5.74, 6) is 0.120. The molecule has 4 aromatic rings. The second-order valence-electron chi connectivity index (χ2n) is 8.58. The normalized spacial score (nSPS) is 18.0. The molecule has 2 amide bonds. The Labute approximate surface area is 207 Å². The third-order valence-corrected chi connectivity index (χ3v) is 6.50. The molecule has 0 saturated heterocycles. The Kier molecular flexibility index (Phi) is 5.53. The number of aromatic nitrogens is 2. The van der Waals surface area contributed by atoms with Crippen LogP contribution in [0, 0.1) is 0 Å². The van der Waals surface area contributed by atoms with E-state index in [0.29, 0.717) is 34.9 Å². The van der Waals surface area contributed by atoms with E-state index in [9.17, 15) is 9.59 Å². The zero-order valence-corrected chi connectivity index (χ0v) is 19.2. The van der Waals surface area contributed by atoms with Gasteiger partial charge in [0.2, 0.25) is 12.7 Å². The molecule has 2 aliphatic rings. The summed E-state index contributed by atoms with van der Waals surface area (Å²) in [5.41, 5.74) is 3.46. The van der Waals surface area contributed by atoms with Crippen LogP contribution in [0.2, 0.25) is 0 Å². The van der Waals surface area contributed by atoms with Gasteiger partial charge in [-0.1, -0.05) is 24.3 Å². The highest BCUT2D eigenvalue weighted by Gasteiger charge is 2.45. The van der Waals surface area contributed by atoms with Crippen LogP contribution in [0.5, 0.6) is 11.5 Å². The lowest BCUT2D eigenvalue weighted by molar-refractivity contribution is -0.123. The first kappa shape index (κ1) is 21.8. The maximum absolute atomic E-state index is 13.9. The van der Waals surface area contributed by atoms with E-state index < -0.39 is 12.0 Å². The van der Waals surface area contributed by atoms with E-state index in [0.717, 1.165) is 11.1 Å². The fourth-order valence-electron chi connectivity index (χ4n) is 4.83. The van der Waals surface area contributed by atoms with Crippen molar-refractivity contribution in [2.75, 3.05) is 11.7 Å². The van der Waals surface area contributed by atoms with Gasteiger partial charge in [0.05, 0.1) is 12.0 Å². The predicted molar refractivity (Wildman–Crippen MR) is 132 cm³/mol. The summed E-state index contributed by atoms with van der Waals surface area (Å²) in [6.07, 6.45) is 6.76. The molecule has 6 rings (SSSR count). The Morgan fingerprint density at radius 2 is 1.78 bits per heavy atom. The molecule has 1 N–H and O–H groups in total. The number of nitrogens with one attached hydrogen (secondary N) is 1.